The molecule has 0 fully saturated rings. The highest BCUT2D eigenvalue weighted by molar-refractivity contribution is 7.85. The normalized spacial score (nSPS) is 11.6. The molecule has 2 aromatic heterocycles. The summed E-state index contributed by atoms with van der Waals surface area (Å²) in [6.45, 7) is 0. The molecule has 0 saturated heterocycles. The number of hydrogen-bond acceptors (Lipinski definition) is 2. The largest absolute Gasteiger partial charge is 0.327 e. The van der Waals surface area contributed by atoms with E-state index in [9.17, 15) is 0 Å². The molecule has 0 radical (unpaired) electrons. The molecule has 9 aromatic rings. The molecule has 0 atom stereocenters. The van der Waals surface area contributed by atoms with Crippen molar-refractivity contribution in [2.24, 2.45) is 14.1 Å². The molecule has 0 aliphatic rings. The van der Waals surface area contributed by atoms with E-state index >= 15 is 0 Å². The molecule has 9 rings (SSSR count). The lowest BCUT2D eigenvalue weighted by Crippen LogP contribution is -2.35. The van der Waals surface area contributed by atoms with Crippen LogP contribution in [0.4, 0.5) is 0 Å². The second kappa shape index (κ2) is 13.8. The first kappa shape index (κ1) is 32.3. The Morgan fingerprint density at radius 1 is 0.346 bits per heavy atom. The summed E-state index contributed by atoms with van der Waals surface area (Å²) in [7, 11) is 2.25. The van der Waals surface area contributed by atoms with E-state index in [1.807, 2.05) is 0 Å². The smallest absolute Gasteiger partial charge is 0.141 e. The van der Waals surface area contributed by atoms with Crippen LogP contribution in [0.15, 0.2) is 182 Å². The molecular formula is C46H36N4P2. The first-order valence-electron chi connectivity index (χ1n) is 17.5. The molecule has 0 bridgehead atoms. The average Bonchev–Trinajstić information content (AvgIpc) is 3.73. The summed E-state index contributed by atoms with van der Waals surface area (Å²) >= 11 is 0. The van der Waals surface area contributed by atoms with Crippen LogP contribution in [0.5, 0.6) is 0 Å². The monoisotopic (exact) mass is 706 g/mol. The van der Waals surface area contributed by atoms with Crippen LogP contribution in [-0.4, -0.2) is 19.1 Å². The van der Waals surface area contributed by atoms with Crippen LogP contribution < -0.4 is 31.8 Å². The summed E-state index contributed by atoms with van der Waals surface area (Å²) in [5.41, 5.74) is 6.52. The summed E-state index contributed by atoms with van der Waals surface area (Å²) in [6, 6.07) is 65.9. The summed E-state index contributed by atoms with van der Waals surface area (Å²) in [4.78, 5) is 10.5. The van der Waals surface area contributed by atoms with Crippen molar-refractivity contribution < 1.29 is 0 Å². The second-order valence-corrected chi connectivity index (χ2v) is 17.1. The van der Waals surface area contributed by atoms with E-state index in [2.05, 4.69) is 205 Å². The van der Waals surface area contributed by atoms with Gasteiger partial charge in [-0.05, 0) is 71.9 Å². The van der Waals surface area contributed by atoms with Gasteiger partial charge in [0.05, 0.1) is 22.1 Å². The van der Waals surface area contributed by atoms with Crippen molar-refractivity contribution in [1.29, 1.82) is 0 Å². The van der Waals surface area contributed by atoms with E-state index in [-0.39, 0.29) is 0 Å². The zero-order valence-electron chi connectivity index (χ0n) is 29.0. The fraction of sp³-hybridized carbons (Fsp3) is 0.0435. The molecule has 7 aromatic carbocycles. The topological polar surface area (TPSA) is 35.6 Å². The highest BCUT2D eigenvalue weighted by atomic mass is 31.1. The van der Waals surface area contributed by atoms with Gasteiger partial charge >= 0.3 is 0 Å². The van der Waals surface area contributed by atoms with Crippen LogP contribution >= 0.6 is 15.8 Å². The van der Waals surface area contributed by atoms with E-state index in [0.717, 1.165) is 44.8 Å². The number of aryl methyl sites for hydroxylation is 2. The van der Waals surface area contributed by atoms with Crippen molar-refractivity contribution in [2.75, 3.05) is 0 Å². The Morgan fingerprint density at radius 2 is 0.692 bits per heavy atom. The van der Waals surface area contributed by atoms with Gasteiger partial charge in [0, 0.05) is 25.2 Å². The predicted octanol–water partition coefficient (Wildman–Crippen LogP) is 8.31. The fourth-order valence-corrected chi connectivity index (χ4v) is 12.9. The summed E-state index contributed by atoms with van der Waals surface area (Å²) in [5, 5.41) is 7.90. The molecule has 0 aliphatic carbocycles. The Labute approximate surface area is 306 Å². The fourth-order valence-electron chi connectivity index (χ4n) is 7.30. The van der Waals surface area contributed by atoms with E-state index in [1.54, 1.807) is 0 Å². The SMILES string of the molecule is Cn1c(-c2ccccc2P(c2ccccc2-c2nc3ccccc3n2C)c2ccccc2P(c2ccccc2)c2ccccc2)nc2ccccc21. The number of nitrogens with zero attached hydrogens (tertiary/aromatic N) is 4. The summed E-state index contributed by atoms with van der Waals surface area (Å²) < 4.78 is 4.48. The van der Waals surface area contributed by atoms with Crippen molar-refractivity contribution in [1.82, 2.24) is 19.1 Å². The Hall–Kier alpha value is -5.66. The van der Waals surface area contributed by atoms with Crippen LogP contribution in [0.2, 0.25) is 0 Å². The standard InChI is InChI=1S/C46H36N4P2/c1-49-39-27-13-11-25-37(39)47-45(49)35-23-9-15-29-41(35)52(42-30-16-10-24-36(42)46-48-38-26-12-14-28-40(38)50(46)2)44-32-18-17-31-43(44)51(33-19-5-3-6-20-33)34-21-7-4-8-22-34/h3-32H,1-2H3. The first-order chi connectivity index (χ1) is 25.7. The number of aromatic nitrogens is 4. The summed E-state index contributed by atoms with van der Waals surface area (Å²) in [5.74, 6) is 1.94. The van der Waals surface area contributed by atoms with Gasteiger partial charge in [-0.3, -0.25) is 0 Å². The van der Waals surface area contributed by atoms with Gasteiger partial charge in [0.15, 0.2) is 0 Å². The van der Waals surface area contributed by atoms with Gasteiger partial charge in [0.2, 0.25) is 0 Å². The van der Waals surface area contributed by atoms with Gasteiger partial charge in [-0.1, -0.05) is 158 Å². The molecule has 52 heavy (non-hydrogen) atoms. The average molecular weight is 707 g/mol. The number of hydrogen-bond donors (Lipinski definition) is 0. The Balaban J connectivity index is 1.35. The summed E-state index contributed by atoms with van der Waals surface area (Å²) in [6.07, 6.45) is 0. The Morgan fingerprint density at radius 3 is 1.13 bits per heavy atom. The number of benzene rings is 7. The Bertz CT molecular complexity index is 2520. The molecule has 0 N–H and O–H groups in total. The van der Waals surface area contributed by atoms with Crippen LogP contribution in [0.3, 0.4) is 0 Å². The Kier molecular flexibility index (Phi) is 8.57. The highest BCUT2D eigenvalue weighted by Crippen LogP contribution is 2.43. The minimum Gasteiger partial charge on any atom is -0.327 e. The maximum absolute atomic E-state index is 5.25. The van der Waals surface area contributed by atoms with Crippen LogP contribution in [-0.2, 0) is 14.1 Å². The minimum absolute atomic E-state index is 0.878. The zero-order valence-corrected chi connectivity index (χ0v) is 30.8. The van der Waals surface area contributed by atoms with Crippen LogP contribution in [0.25, 0.3) is 44.8 Å². The van der Waals surface area contributed by atoms with Crippen molar-refractivity contribution in [3.05, 3.63) is 182 Å². The van der Waals surface area contributed by atoms with Crippen molar-refractivity contribution in [2.45, 2.75) is 0 Å². The van der Waals surface area contributed by atoms with Gasteiger partial charge in [-0.2, -0.15) is 0 Å². The predicted molar refractivity (Wildman–Crippen MR) is 223 cm³/mol. The van der Waals surface area contributed by atoms with Gasteiger partial charge in [0.25, 0.3) is 0 Å². The molecule has 0 saturated carbocycles. The van der Waals surface area contributed by atoms with Gasteiger partial charge in [-0.25, -0.2) is 9.97 Å². The quantitative estimate of drug-likeness (QED) is 0.149. The third kappa shape index (κ3) is 5.66. The zero-order chi connectivity index (χ0) is 35.0. The third-order valence-electron chi connectivity index (χ3n) is 9.74. The molecule has 0 unspecified atom stereocenters. The van der Waals surface area contributed by atoms with Gasteiger partial charge in [-0.15, -0.1) is 0 Å². The number of rotatable bonds is 8. The lowest BCUT2D eigenvalue weighted by molar-refractivity contribution is 0.960. The second-order valence-electron chi connectivity index (χ2n) is 12.8. The van der Waals surface area contributed by atoms with Crippen molar-refractivity contribution in [3.8, 4) is 22.8 Å². The number of para-hydroxylation sites is 4. The maximum Gasteiger partial charge on any atom is 0.141 e. The van der Waals surface area contributed by atoms with E-state index in [4.69, 9.17) is 9.97 Å². The lowest BCUT2D eigenvalue weighted by atomic mass is 10.2. The van der Waals surface area contributed by atoms with Crippen molar-refractivity contribution >= 4 is 69.7 Å². The first-order valence-corrected chi connectivity index (χ1v) is 20.2. The molecule has 6 heteroatoms. The van der Waals surface area contributed by atoms with Gasteiger partial charge < -0.3 is 9.13 Å². The lowest BCUT2D eigenvalue weighted by Gasteiger charge is -2.29. The van der Waals surface area contributed by atoms with Crippen LogP contribution in [0.1, 0.15) is 0 Å². The minimum atomic E-state index is -1.14. The number of fused-ring (bicyclic) bond motifs is 2. The highest BCUT2D eigenvalue weighted by Gasteiger charge is 2.30. The van der Waals surface area contributed by atoms with Gasteiger partial charge in [0.1, 0.15) is 11.6 Å². The molecular weight excluding hydrogens is 670 g/mol. The van der Waals surface area contributed by atoms with E-state index in [1.165, 1.54) is 31.8 Å². The molecule has 2 heterocycles. The molecule has 250 valence electrons. The molecule has 0 amide bonds. The molecule has 0 spiro atoms. The van der Waals surface area contributed by atoms with Crippen LogP contribution in [0, 0.1) is 0 Å². The third-order valence-corrected chi connectivity index (χ3v) is 15.0. The number of imidazole rings is 2. The molecule has 0 aliphatic heterocycles. The molecule has 4 nitrogen and oxygen atoms in total. The van der Waals surface area contributed by atoms with E-state index in [0.29, 0.717) is 0 Å². The maximum atomic E-state index is 5.25. The van der Waals surface area contributed by atoms with E-state index < -0.39 is 15.8 Å². The van der Waals surface area contributed by atoms with Crippen molar-refractivity contribution in [3.63, 3.8) is 0 Å².